The van der Waals surface area contributed by atoms with E-state index in [0.717, 1.165) is 5.06 Å². The second-order valence-corrected chi connectivity index (χ2v) is 1.83. The van der Waals surface area contributed by atoms with Gasteiger partial charge in [-0.1, -0.05) is 12.2 Å². The van der Waals surface area contributed by atoms with E-state index >= 15 is 0 Å². The Labute approximate surface area is 48.7 Å². The zero-order valence-electron chi connectivity index (χ0n) is 4.74. The van der Waals surface area contributed by atoms with E-state index in [2.05, 4.69) is 0 Å². The molecule has 8 heavy (non-hydrogen) atoms. The highest BCUT2D eigenvalue weighted by molar-refractivity contribution is 5.12. The number of nitrogens with zero attached hydrogens (tertiary/aromatic N) is 1. The molecule has 0 amide bonds. The summed E-state index contributed by atoms with van der Waals surface area (Å²) < 4.78 is 0. The van der Waals surface area contributed by atoms with E-state index in [0.29, 0.717) is 0 Å². The van der Waals surface area contributed by atoms with Crippen molar-refractivity contribution in [2.75, 3.05) is 0 Å². The molecule has 0 fully saturated rings. The van der Waals surface area contributed by atoms with E-state index in [-0.39, 0.29) is 6.04 Å². The molecule has 0 aromatic heterocycles. The molecule has 1 unspecified atom stereocenters. The average Bonchev–Trinajstić information content (AvgIpc) is 1.77. The minimum absolute atomic E-state index is 0.0139. The van der Waals surface area contributed by atoms with E-state index < -0.39 is 0 Å². The third-order valence-corrected chi connectivity index (χ3v) is 1.14. The summed E-state index contributed by atoms with van der Waals surface area (Å²) in [4.78, 5) is 0. The van der Waals surface area contributed by atoms with Gasteiger partial charge in [0.1, 0.15) is 0 Å². The molecule has 1 aliphatic rings. The largest absolute Gasteiger partial charge is 0.758 e. The molecule has 0 spiro atoms. The van der Waals surface area contributed by atoms with E-state index in [4.69, 9.17) is 0 Å². The lowest BCUT2D eigenvalue weighted by atomic mass is 10.2. The van der Waals surface area contributed by atoms with Gasteiger partial charge in [0.05, 0.1) is 0 Å². The van der Waals surface area contributed by atoms with E-state index in [1.165, 1.54) is 6.20 Å². The molecule has 0 N–H and O–H groups in total. The minimum Gasteiger partial charge on any atom is -0.758 e. The highest BCUT2D eigenvalue weighted by atomic mass is 16.5. The molecule has 0 aromatic carbocycles. The van der Waals surface area contributed by atoms with Crippen molar-refractivity contribution in [2.45, 2.75) is 13.0 Å². The second-order valence-electron chi connectivity index (χ2n) is 1.83. The van der Waals surface area contributed by atoms with E-state index in [1.54, 1.807) is 6.08 Å². The third-order valence-electron chi connectivity index (χ3n) is 1.14. The van der Waals surface area contributed by atoms with Crippen molar-refractivity contribution in [3.8, 4) is 0 Å². The summed E-state index contributed by atoms with van der Waals surface area (Å²) in [7, 11) is 0. The summed E-state index contributed by atoms with van der Waals surface area (Å²) in [5.74, 6) is 0. The molecule has 2 heteroatoms. The number of hydroxylamine groups is 2. The molecule has 1 rings (SSSR count). The molecule has 0 saturated heterocycles. The fourth-order valence-corrected chi connectivity index (χ4v) is 0.580. The maximum atomic E-state index is 10.6. The van der Waals surface area contributed by atoms with Crippen LogP contribution in [0.15, 0.2) is 24.4 Å². The predicted octanol–water partition coefficient (Wildman–Crippen LogP) is 1.26. The van der Waals surface area contributed by atoms with Crippen LogP contribution in [-0.4, -0.2) is 11.1 Å². The highest BCUT2D eigenvalue weighted by Gasteiger charge is 1.95. The van der Waals surface area contributed by atoms with Crippen LogP contribution in [0.4, 0.5) is 0 Å². The van der Waals surface area contributed by atoms with Gasteiger partial charge in [-0.25, -0.2) is 0 Å². The van der Waals surface area contributed by atoms with Crippen molar-refractivity contribution < 1.29 is 0 Å². The Hall–Kier alpha value is -0.760. The Morgan fingerprint density at radius 2 is 2.25 bits per heavy atom. The molecule has 1 atom stereocenters. The molecule has 0 aromatic rings. The molecule has 0 radical (unpaired) electrons. The summed E-state index contributed by atoms with van der Waals surface area (Å²) in [6, 6.07) is 0.0139. The molecule has 1 aliphatic heterocycles. The van der Waals surface area contributed by atoms with Crippen molar-refractivity contribution in [3.63, 3.8) is 0 Å². The van der Waals surface area contributed by atoms with Gasteiger partial charge in [0.15, 0.2) is 0 Å². The lowest BCUT2D eigenvalue weighted by Crippen LogP contribution is -2.20. The molecular formula is C6H8NO-. The van der Waals surface area contributed by atoms with Gasteiger partial charge in [0, 0.05) is 6.04 Å². The van der Waals surface area contributed by atoms with Gasteiger partial charge in [0.2, 0.25) is 0 Å². The van der Waals surface area contributed by atoms with Gasteiger partial charge in [0.25, 0.3) is 0 Å². The van der Waals surface area contributed by atoms with Gasteiger partial charge in [-0.3, -0.25) is 0 Å². The first-order valence-electron chi connectivity index (χ1n) is 2.61. The first-order valence-corrected chi connectivity index (χ1v) is 2.61. The first-order chi connectivity index (χ1) is 3.80. The van der Waals surface area contributed by atoms with Crippen molar-refractivity contribution in [2.24, 2.45) is 0 Å². The Kier molecular flexibility index (Phi) is 1.35. The second kappa shape index (κ2) is 2.01. The lowest BCUT2D eigenvalue weighted by Gasteiger charge is -2.32. The standard InChI is InChI=1S/C6H8NO/c1-6-4-2-3-5-7(6)8/h2-6H,1H3/q-1. The number of hydrogen-bond acceptors (Lipinski definition) is 2. The maximum absolute atomic E-state index is 10.6. The quantitative estimate of drug-likeness (QED) is 0.469. The van der Waals surface area contributed by atoms with Crippen LogP contribution < -0.4 is 0 Å². The van der Waals surface area contributed by atoms with Gasteiger partial charge in [-0.15, -0.1) is 0 Å². The van der Waals surface area contributed by atoms with Crippen molar-refractivity contribution in [1.82, 2.24) is 5.06 Å². The van der Waals surface area contributed by atoms with Crippen LogP contribution in [0.25, 0.3) is 0 Å². The van der Waals surface area contributed by atoms with Gasteiger partial charge < -0.3 is 10.3 Å². The summed E-state index contributed by atoms with van der Waals surface area (Å²) >= 11 is 0. The number of rotatable bonds is 0. The van der Waals surface area contributed by atoms with Crippen LogP contribution in [0, 0.1) is 5.21 Å². The lowest BCUT2D eigenvalue weighted by molar-refractivity contribution is 0.450. The fourth-order valence-electron chi connectivity index (χ4n) is 0.580. The summed E-state index contributed by atoms with van der Waals surface area (Å²) in [5.41, 5.74) is 0. The number of hydrogen-bond donors (Lipinski definition) is 0. The van der Waals surface area contributed by atoms with Gasteiger partial charge in [-0.05, 0) is 19.2 Å². The van der Waals surface area contributed by atoms with Crippen molar-refractivity contribution in [1.29, 1.82) is 0 Å². The van der Waals surface area contributed by atoms with Crippen LogP contribution in [0.2, 0.25) is 0 Å². The zero-order chi connectivity index (χ0) is 5.98. The molecule has 1 heterocycles. The number of allylic oxidation sites excluding steroid dienone is 2. The molecule has 0 bridgehead atoms. The summed E-state index contributed by atoms with van der Waals surface area (Å²) in [6.07, 6.45) is 6.98. The highest BCUT2D eigenvalue weighted by Crippen LogP contribution is 2.03. The van der Waals surface area contributed by atoms with Gasteiger partial charge in [-0.2, -0.15) is 0 Å². The SMILES string of the molecule is CC1C=CC=CN1[O-]. The fraction of sp³-hybridized carbons (Fsp3) is 0.333. The Morgan fingerprint density at radius 3 is 2.62 bits per heavy atom. The summed E-state index contributed by atoms with van der Waals surface area (Å²) in [6.45, 7) is 1.85. The van der Waals surface area contributed by atoms with Crippen LogP contribution in [0.1, 0.15) is 6.92 Å². The Bertz CT molecular complexity index is 112. The monoisotopic (exact) mass is 110 g/mol. The molecule has 2 nitrogen and oxygen atoms in total. The Balaban J connectivity index is 2.59. The molecule has 0 aliphatic carbocycles. The van der Waals surface area contributed by atoms with Crippen molar-refractivity contribution >= 4 is 0 Å². The molecule has 44 valence electrons. The predicted molar refractivity (Wildman–Crippen MR) is 32.9 cm³/mol. The molecular weight excluding hydrogens is 102 g/mol. The van der Waals surface area contributed by atoms with Crippen LogP contribution in [0.5, 0.6) is 0 Å². The van der Waals surface area contributed by atoms with Crippen molar-refractivity contribution in [3.05, 3.63) is 29.6 Å². The first kappa shape index (κ1) is 5.38. The molecule has 0 saturated carbocycles. The van der Waals surface area contributed by atoms with Crippen LogP contribution >= 0.6 is 0 Å². The smallest absolute Gasteiger partial charge is 0.0330 e. The summed E-state index contributed by atoms with van der Waals surface area (Å²) in [5, 5.41) is 11.5. The van der Waals surface area contributed by atoms with Crippen LogP contribution in [-0.2, 0) is 0 Å². The average molecular weight is 110 g/mol. The van der Waals surface area contributed by atoms with E-state index in [1.807, 2.05) is 19.1 Å². The van der Waals surface area contributed by atoms with Gasteiger partial charge >= 0.3 is 0 Å². The zero-order valence-corrected chi connectivity index (χ0v) is 4.74. The minimum atomic E-state index is 0.0139. The van der Waals surface area contributed by atoms with E-state index in [9.17, 15) is 5.21 Å². The van der Waals surface area contributed by atoms with Crippen LogP contribution in [0.3, 0.4) is 0 Å². The third kappa shape index (κ3) is 0.898. The Morgan fingerprint density at radius 1 is 1.50 bits per heavy atom. The normalized spacial score (nSPS) is 26.8. The topological polar surface area (TPSA) is 26.3 Å². The maximum Gasteiger partial charge on any atom is 0.0330 e.